The van der Waals surface area contributed by atoms with Gasteiger partial charge in [-0.1, -0.05) is 0 Å². The number of halogens is 4. The second kappa shape index (κ2) is 7.37. The van der Waals surface area contributed by atoms with Gasteiger partial charge in [0.05, 0.1) is 11.3 Å². The Labute approximate surface area is 117 Å². The number of hydrogen-bond donors (Lipinski definition) is 1. The van der Waals surface area contributed by atoms with E-state index in [-0.39, 0.29) is 30.4 Å². The van der Waals surface area contributed by atoms with Gasteiger partial charge < -0.3 is 10.2 Å². The SMILES string of the molecule is Cl.Cl.N#Cc1cc(F)c(F)cc1N1CCNCC1. The number of nitrogens with zero attached hydrogens (tertiary/aromatic N) is 2. The smallest absolute Gasteiger partial charge is 0.160 e. The standard InChI is InChI=1S/C11H11F2N3.2ClH/c12-9-5-8(7-14)11(6-10(9)13)16-3-1-15-2-4-16;;/h5-6,15H,1-4H2;2*1H. The second-order valence-corrected chi connectivity index (χ2v) is 3.63. The minimum atomic E-state index is -0.976. The summed E-state index contributed by atoms with van der Waals surface area (Å²) in [4.78, 5) is 1.89. The third kappa shape index (κ3) is 3.45. The van der Waals surface area contributed by atoms with Crippen LogP contribution in [0.4, 0.5) is 14.5 Å². The number of anilines is 1. The van der Waals surface area contributed by atoms with E-state index in [9.17, 15) is 8.78 Å². The zero-order chi connectivity index (χ0) is 11.5. The molecule has 0 radical (unpaired) electrons. The molecule has 0 unspecified atom stereocenters. The van der Waals surface area contributed by atoms with Crippen LogP contribution in [0.25, 0.3) is 0 Å². The summed E-state index contributed by atoms with van der Waals surface area (Å²) in [5, 5.41) is 12.0. The topological polar surface area (TPSA) is 39.1 Å². The number of nitriles is 1. The van der Waals surface area contributed by atoms with Gasteiger partial charge in [-0.05, 0) is 6.07 Å². The van der Waals surface area contributed by atoms with Crippen LogP contribution in [0.3, 0.4) is 0 Å². The van der Waals surface area contributed by atoms with Crippen molar-refractivity contribution in [3.05, 3.63) is 29.3 Å². The van der Waals surface area contributed by atoms with E-state index < -0.39 is 11.6 Å². The van der Waals surface area contributed by atoms with Crippen LogP contribution in [0.15, 0.2) is 12.1 Å². The van der Waals surface area contributed by atoms with Gasteiger partial charge in [-0.2, -0.15) is 5.26 Å². The quantitative estimate of drug-likeness (QED) is 0.862. The average molecular weight is 296 g/mol. The molecule has 1 aromatic carbocycles. The highest BCUT2D eigenvalue weighted by molar-refractivity contribution is 5.85. The van der Waals surface area contributed by atoms with Crippen LogP contribution in [-0.4, -0.2) is 26.2 Å². The molecule has 1 fully saturated rings. The number of hydrogen-bond acceptors (Lipinski definition) is 3. The molecule has 1 N–H and O–H groups in total. The lowest BCUT2D eigenvalue weighted by Gasteiger charge is -2.30. The first-order valence-corrected chi connectivity index (χ1v) is 5.07. The number of nitrogens with one attached hydrogen (secondary N) is 1. The van der Waals surface area contributed by atoms with Crippen LogP contribution >= 0.6 is 24.8 Å². The number of rotatable bonds is 1. The normalized spacial score (nSPS) is 14.2. The molecule has 1 aromatic rings. The van der Waals surface area contributed by atoms with Gasteiger partial charge in [-0.25, -0.2) is 8.78 Å². The Morgan fingerprint density at radius 2 is 1.67 bits per heavy atom. The summed E-state index contributed by atoms with van der Waals surface area (Å²) >= 11 is 0. The molecule has 1 saturated heterocycles. The number of benzene rings is 1. The first-order chi connectivity index (χ1) is 7.72. The van der Waals surface area contributed by atoms with E-state index in [4.69, 9.17) is 5.26 Å². The van der Waals surface area contributed by atoms with E-state index in [1.54, 1.807) is 0 Å². The predicted octanol–water partition coefficient (Wildman–Crippen LogP) is 2.09. The molecular formula is C11H13Cl2F2N3. The van der Waals surface area contributed by atoms with E-state index in [0.717, 1.165) is 25.2 Å². The third-order valence-electron chi connectivity index (χ3n) is 2.62. The lowest BCUT2D eigenvalue weighted by atomic mass is 10.1. The van der Waals surface area contributed by atoms with E-state index in [1.165, 1.54) is 0 Å². The summed E-state index contributed by atoms with van der Waals surface area (Å²) in [7, 11) is 0. The molecule has 1 aliphatic heterocycles. The van der Waals surface area contributed by atoms with Crippen LogP contribution < -0.4 is 10.2 Å². The van der Waals surface area contributed by atoms with E-state index in [0.29, 0.717) is 18.8 Å². The Morgan fingerprint density at radius 1 is 1.11 bits per heavy atom. The van der Waals surface area contributed by atoms with Crippen LogP contribution in [0.2, 0.25) is 0 Å². The first-order valence-electron chi connectivity index (χ1n) is 5.07. The maximum absolute atomic E-state index is 13.1. The minimum absolute atomic E-state index is 0. The monoisotopic (exact) mass is 295 g/mol. The van der Waals surface area contributed by atoms with Crippen LogP contribution in [0.5, 0.6) is 0 Å². The van der Waals surface area contributed by atoms with Gasteiger partial charge in [0.15, 0.2) is 11.6 Å². The zero-order valence-corrected chi connectivity index (χ0v) is 11.1. The van der Waals surface area contributed by atoms with Crippen molar-refractivity contribution in [1.29, 1.82) is 5.26 Å². The highest BCUT2D eigenvalue weighted by Gasteiger charge is 2.17. The van der Waals surface area contributed by atoms with Gasteiger partial charge in [-0.15, -0.1) is 24.8 Å². The Hall–Kier alpha value is -1.09. The molecule has 0 aliphatic carbocycles. The van der Waals surface area contributed by atoms with E-state index in [1.807, 2.05) is 11.0 Å². The highest BCUT2D eigenvalue weighted by Crippen LogP contribution is 2.23. The second-order valence-electron chi connectivity index (χ2n) is 3.63. The maximum atomic E-state index is 13.1. The molecule has 18 heavy (non-hydrogen) atoms. The Bertz CT molecular complexity index is 443. The Balaban J connectivity index is 0.00000144. The van der Waals surface area contributed by atoms with Crippen molar-refractivity contribution in [2.75, 3.05) is 31.1 Å². The zero-order valence-electron chi connectivity index (χ0n) is 9.45. The Kier molecular flexibility index (Phi) is 6.92. The summed E-state index contributed by atoms with van der Waals surface area (Å²) in [5.74, 6) is -1.89. The molecule has 7 heteroatoms. The fourth-order valence-electron chi connectivity index (χ4n) is 1.79. The molecule has 100 valence electrons. The molecule has 0 atom stereocenters. The molecule has 1 aliphatic rings. The fourth-order valence-corrected chi connectivity index (χ4v) is 1.79. The van der Waals surface area contributed by atoms with Crippen molar-refractivity contribution in [2.24, 2.45) is 0 Å². The minimum Gasteiger partial charge on any atom is -0.368 e. The molecule has 0 amide bonds. The van der Waals surface area contributed by atoms with Crippen molar-refractivity contribution in [3.63, 3.8) is 0 Å². The summed E-state index contributed by atoms with van der Waals surface area (Å²) < 4.78 is 26.1. The summed E-state index contributed by atoms with van der Waals surface area (Å²) in [5.41, 5.74) is 0.656. The van der Waals surface area contributed by atoms with Crippen LogP contribution in [0, 0.1) is 23.0 Å². The summed E-state index contributed by atoms with van der Waals surface area (Å²) in [6.07, 6.45) is 0. The highest BCUT2D eigenvalue weighted by atomic mass is 35.5. The van der Waals surface area contributed by atoms with Crippen molar-refractivity contribution in [1.82, 2.24) is 5.32 Å². The summed E-state index contributed by atoms with van der Waals surface area (Å²) in [6.45, 7) is 2.95. The van der Waals surface area contributed by atoms with Gasteiger partial charge in [0.2, 0.25) is 0 Å². The maximum Gasteiger partial charge on any atom is 0.160 e. The first kappa shape index (κ1) is 16.9. The van der Waals surface area contributed by atoms with Gasteiger partial charge in [-0.3, -0.25) is 0 Å². The molecule has 0 bridgehead atoms. The summed E-state index contributed by atoms with van der Waals surface area (Å²) in [6, 6.07) is 3.94. The van der Waals surface area contributed by atoms with Crippen molar-refractivity contribution in [3.8, 4) is 6.07 Å². The van der Waals surface area contributed by atoms with Crippen molar-refractivity contribution < 1.29 is 8.78 Å². The lowest BCUT2D eigenvalue weighted by Crippen LogP contribution is -2.43. The molecule has 0 aromatic heterocycles. The molecule has 1 heterocycles. The molecular weight excluding hydrogens is 283 g/mol. The molecule has 3 nitrogen and oxygen atoms in total. The van der Waals surface area contributed by atoms with Gasteiger partial charge in [0.1, 0.15) is 6.07 Å². The number of piperazine rings is 1. The van der Waals surface area contributed by atoms with Crippen LogP contribution in [-0.2, 0) is 0 Å². The Morgan fingerprint density at radius 3 is 2.22 bits per heavy atom. The van der Waals surface area contributed by atoms with E-state index in [2.05, 4.69) is 5.32 Å². The average Bonchev–Trinajstić information content (AvgIpc) is 2.33. The van der Waals surface area contributed by atoms with Gasteiger partial charge in [0, 0.05) is 32.2 Å². The largest absolute Gasteiger partial charge is 0.368 e. The van der Waals surface area contributed by atoms with Crippen LogP contribution in [0.1, 0.15) is 5.56 Å². The van der Waals surface area contributed by atoms with Gasteiger partial charge >= 0.3 is 0 Å². The molecule has 0 saturated carbocycles. The fraction of sp³-hybridized carbons (Fsp3) is 0.364. The van der Waals surface area contributed by atoms with Gasteiger partial charge in [0.25, 0.3) is 0 Å². The third-order valence-corrected chi connectivity index (χ3v) is 2.62. The lowest BCUT2D eigenvalue weighted by molar-refractivity contribution is 0.506. The van der Waals surface area contributed by atoms with Crippen molar-refractivity contribution in [2.45, 2.75) is 0 Å². The molecule has 2 rings (SSSR count). The van der Waals surface area contributed by atoms with E-state index >= 15 is 0 Å². The molecule has 0 spiro atoms. The predicted molar refractivity (Wildman–Crippen MR) is 70.7 cm³/mol. The van der Waals surface area contributed by atoms with Crippen molar-refractivity contribution >= 4 is 30.5 Å².